The Balaban J connectivity index is 1.68. The lowest BCUT2D eigenvalue weighted by Gasteiger charge is -2.08. The van der Waals surface area contributed by atoms with E-state index in [4.69, 9.17) is 8.70 Å². The van der Waals surface area contributed by atoms with Gasteiger partial charge in [-0.25, -0.2) is 4.98 Å². The van der Waals surface area contributed by atoms with Crippen molar-refractivity contribution in [3.05, 3.63) is 53.8 Å². The van der Waals surface area contributed by atoms with Crippen molar-refractivity contribution in [3.63, 3.8) is 0 Å². The zero-order valence-corrected chi connectivity index (χ0v) is 16.0. The van der Waals surface area contributed by atoms with E-state index in [9.17, 15) is 13.2 Å². The number of hydrogen-bond acceptors (Lipinski definition) is 7. The van der Waals surface area contributed by atoms with E-state index in [0.717, 1.165) is 37.8 Å². The highest BCUT2D eigenvalue weighted by molar-refractivity contribution is 7.86. The first-order chi connectivity index (χ1) is 13.5. The molecule has 2 aromatic rings. The zero-order chi connectivity index (χ0) is 19.6. The second-order valence-electron chi connectivity index (χ2n) is 6.90. The summed E-state index contributed by atoms with van der Waals surface area (Å²) in [7, 11) is -4.15. The summed E-state index contributed by atoms with van der Waals surface area (Å²) in [6.45, 7) is 0. The minimum Gasteiger partial charge on any atom is -0.435 e. The molecule has 1 fully saturated rings. The summed E-state index contributed by atoms with van der Waals surface area (Å²) < 4.78 is 35.4. The quantitative estimate of drug-likeness (QED) is 0.544. The molecule has 1 saturated carbocycles. The number of carbonyl (C=O) groups excluding carboxylic acids is 1. The lowest BCUT2D eigenvalue weighted by atomic mass is 9.99. The van der Waals surface area contributed by atoms with Crippen molar-refractivity contribution in [1.82, 2.24) is 4.98 Å². The highest BCUT2D eigenvalue weighted by Crippen LogP contribution is 2.28. The van der Waals surface area contributed by atoms with Crippen LogP contribution in [0.5, 0.6) is 0 Å². The van der Waals surface area contributed by atoms with Gasteiger partial charge in [-0.2, -0.15) is 8.42 Å². The maximum atomic E-state index is 13.0. The van der Waals surface area contributed by atoms with E-state index in [2.05, 4.69) is 10.1 Å². The Labute approximate surface area is 163 Å². The van der Waals surface area contributed by atoms with E-state index in [1.807, 2.05) is 6.08 Å². The van der Waals surface area contributed by atoms with Gasteiger partial charge in [0.15, 0.2) is 11.5 Å². The number of oxime groups is 1. The zero-order valence-electron chi connectivity index (χ0n) is 15.2. The molecule has 1 aromatic carbocycles. The third-order valence-corrected chi connectivity index (χ3v) is 6.09. The SMILES string of the molecule is O=C(/C(=N\OS(=O)(=O)c1ccccc1)c1nc2c(o1)C=CCC2)C1CCCC1. The number of nitrogens with zero attached hydrogens (tertiary/aromatic N) is 2. The highest BCUT2D eigenvalue weighted by atomic mass is 32.2. The Morgan fingerprint density at radius 2 is 1.93 bits per heavy atom. The fourth-order valence-electron chi connectivity index (χ4n) is 3.47. The summed E-state index contributed by atoms with van der Waals surface area (Å²) in [5.41, 5.74) is 0.560. The summed E-state index contributed by atoms with van der Waals surface area (Å²) in [6.07, 6.45) is 8.69. The van der Waals surface area contributed by atoms with Crippen molar-refractivity contribution in [1.29, 1.82) is 0 Å². The topological polar surface area (TPSA) is 98.8 Å². The van der Waals surface area contributed by atoms with Gasteiger partial charge in [-0.3, -0.25) is 9.08 Å². The third kappa shape index (κ3) is 3.77. The van der Waals surface area contributed by atoms with Gasteiger partial charge in [0.1, 0.15) is 4.90 Å². The number of hydrogen-bond donors (Lipinski definition) is 0. The maximum absolute atomic E-state index is 13.0. The Morgan fingerprint density at radius 3 is 2.64 bits per heavy atom. The Hall–Kier alpha value is -2.74. The van der Waals surface area contributed by atoms with Gasteiger partial charge in [0.25, 0.3) is 5.89 Å². The van der Waals surface area contributed by atoms with Crippen LogP contribution < -0.4 is 0 Å². The summed E-state index contributed by atoms with van der Waals surface area (Å²) in [6, 6.07) is 7.66. The van der Waals surface area contributed by atoms with Crippen LogP contribution in [0.25, 0.3) is 6.08 Å². The molecule has 2 aliphatic carbocycles. The second-order valence-corrected chi connectivity index (χ2v) is 8.43. The molecule has 28 heavy (non-hydrogen) atoms. The Bertz CT molecular complexity index is 1030. The molecule has 0 unspecified atom stereocenters. The molecule has 8 heteroatoms. The van der Waals surface area contributed by atoms with Crippen molar-refractivity contribution >= 4 is 27.7 Å². The van der Waals surface area contributed by atoms with E-state index >= 15 is 0 Å². The molecule has 0 amide bonds. The van der Waals surface area contributed by atoms with Crippen LogP contribution in [-0.2, 0) is 25.6 Å². The standard InChI is InChI=1S/C20H20N2O5S/c23-19(14-8-4-5-9-14)18(20-21-16-12-6-7-13-17(16)26-20)22-27-28(24,25)15-10-2-1-3-11-15/h1-3,7,10-11,13-14H,4-6,8-9,12H2/b22-18+. The van der Waals surface area contributed by atoms with Crippen LogP contribution in [0.1, 0.15) is 49.4 Å². The number of ketones is 1. The van der Waals surface area contributed by atoms with E-state index in [1.54, 1.807) is 24.3 Å². The largest absolute Gasteiger partial charge is 0.435 e. The number of fused-ring (bicyclic) bond motifs is 1. The van der Waals surface area contributed by atoms with E-state index < -0.39 is 10.1 Å². The molecular weight excluding hydrogens is 380 g/mol. The number of allylic oxidation sites excluding steroid dienone is 1. The van der Waals surface area contributed by atoms with Crippen molar-refractivity contribution in [2.45, 2.75) is 43.4 Å². The summed E-state index contributed by atoms with van der Waals surface area (Å²) >= 11 is 0. The second kappa shape index (κ2) is 7.71. The van der Waals surface area contributed by atoms with Gasteiger partial charge in [0.2, 0.25) is 5.71 Å². The third-order valence-electron chi connectivity index (χ3n) is 4.97. The van der Waals surface area contributed by atoms with Crippen LogP contribution in [0.4, 0.5) is 0 Å². The molecule has 1 aromatic heterocycles. The molecule has 0 radical (unpaired) electrons. The van der Waals surface area contributed by atoms with Crippen LogP contribution in [-0.4, -0.2) is 24.9 Å². The van der Waals surface area contributed by atoms with Crippen molar-refractivity contribution in [2.75, 3.05) is 0 Å². The smallest absolute Gasteiger partial charge is 0.358 e. The number of rotatable bonds is 6. The molecule has 0 bridgehead atoms. The van der Waals surface area contributed by atoms with E-state index in [-0.39, 0.29) is 28.2 Å². The van der Waals surface area contributed by atoms with Gasteiger partial charge in [-0.1, -0.05) is 42.3 Å². The molecule has 2 aliphatic rings. The lowest BCUT2D eigenvalue weighted by molar-refractivity contribution is -0.116. The number of aromatic nitrogens is 1. The number of benzene rings is 1. The first-order valence-electron chi connectivity index (χ1n) is 9.32. The number of oxazole rings is 1. The van der Waals surface area contributed by atoms with Crippen LogP contribution in [0.15, 0.2) is 50.9 Å². The Morgan fingerprint density at radius 1 is 1.18 bits per heavy atom. The summed E-state index contributed by atoms with van der Waals surface area (Å²) in [5, 5.41) is 3.73. The average Bonchev–Trinajstić information content (AvgIpc) is 3.38. The molecule has 0 saturated heterocycles. The molecule has 1 heterocycles. The van der Waals surface area contributed by atoms with Crippen LogP contribution in [0.3, 0.4) is 0 Å². The molecule has 0 N–H and O–H groups in total. The van der Waals surface area contributed by atoms with Crippen molar-refractivity contribution in [2.24, 2.45) is 11.1 Å². The van der Waals surface area contributed by atoms with Gasteiger partial charge in [0.05, 0.1) is 5.69 Å². The van der Waals surface area contributed by atoms with E-state index in [0.29, 0.717) is 12.2 Å². The van der Waals surface area contributed by atoms with Gasteiger partial charge < -0.3 is 4.42 Å². The monoisotopic (exact) mass is 400 g/mol. The average molecular weight is 400 g/mol. The van der Waals surface area contributed by atoms with Gasteiger partial charge in [-0.05, 0) is 43.9 Å². The molecule has 0 spiro atoms. The highest BCUT2D eigenvalue weighted by Gasteiger charge is 2.32. The normalized spacial score (nSPS) is 17.5. The minimum absolute atomic E-state index is 0.0108. The predicted molar refractivity (Wildman–Crippen MR) is 102 cm³/mol. The first kappa shape index (κ1) is 18.6. The molecule has 0 atom stereocenters. The van der Waals surface area contributed by atoms with Gasteiger partial charge in [0, 0.05) is 5.92 Å². The van der Waals surface area contributed by atoms with Crippen LogP contribution in [0, 0.1) is 5.92 Å². The van der Waals surface area contributed by atoms with E-state index in [1.165, 1.54) is 12.1 Å². The molecule has 0 aliphatic heterocycles. The lowest BCUT2D eigenvalue weighted by Crippen LogP contribution is -2.24. The number of Topliss-reactive ketones (excluding diaryl/α,β-unsaturated/α-hetero) is 1. The first-order valence-corrected chi connectivity index (χ1v) is 10.7. The molecule has 4 rings (SSSR count). The van der Waals surface area contributed by atoms with Gasteiger partial charge in [-0.15, -0.1) is 0 Å². The Kier molecular flexibility index (Phi) is 5.13. The maximum Gasteiger partial charge on any atom is 0.358 e. The van der Waals surface area contributed by atoms with Gasteiger partial charge >= 0.3 is 10.1 Å². The molecular formula is C20H20N2O5S. The minimum atomic E-state index is -4.15. The van der Waals surface area contributed by atoms with Crippen LogP contribution in [0.2, 0.25) is 0 Å². The summed E-state index contributed by atoms with van der Waals surface area (Å²) in [5.74, 6) is 0.0698. The van der Waals surface area contributed by atoms with Crippen LogP contribution >= 0.6 is 0 Å². The number of aryl methyl sites for hydroxylation is 1. The molecule has 146 valence electrons. The van der Waals surface area contributed by atoms with Crippen molar-refractivity contribution in [3.8, 4) is 0 Å². The number of carbonyl (C=O) groups is 1. The fourth-order valence-corrected chi connectivity index (χ4v) is 4.22. The fraction of sp³-hybridized carbons (Fsp3) is 0.350. The molecule has 7 nitrogen and oxygen atoms in total. The predicted octanol–water partition coefficient (Wildman–Crippen LogP) is 3.50. The summed E-state index contributed by atoms with van der Waals surface area (Å²) in [4.78, 5) is 17.3. The van der Waals surface area contributed by atoms with Crippen molar-refractivity contribution < 1.29 is 21.9 Å².